The molecule has 43 heavy (non-hydrogen) atoms. The van der Waals surface area contributed by atoms with Crippen LogP contribution in [-0.4, -0.2) is 37.5 Å². The van der Waals surface area contributed by atoms with Gasteiger partial charge in [0, 0.05) is 23.2 Å². The zero-order valence-electron chi connectivity index (χ0n) is 24.3. The number of alkyl carbamates (subject to hydrolysis) is 1. The van der Waals surface area contributed by atoms with Crippen molar-refractivity contribution in [2.75, 3.05) is 11.3 Å². The number of aromatic nitrogens is 1. The maximum Gasteiger partial charge on any atom is 0.407 e. The molecule has 0 bridgehead atoms. The molecule has 0 aliphatic heterocycles. The molecule has 0 saturated carbocycles. The van der Waals surface area contributed by atoms with Crippen LogP contribution in [0.4, 0.5) is 10.5 Å². The molecule has 1 aromatic heterocycles. The molecule has 1 heterocycles. The van der Waals surface area contributed by atoms with Gasteiger partial charge in [0.05, 0.1) is 17.7 Å². The third-order valence-corrected chi connectivity index (χ3v) is 7.81. The normalized spacial score (nSPS) is 12.7. The molecule has 0 fully saturated rings. The van der Waals surface area contributed by atoms with E-state index in [0.29, 0.717) is 18.5 Å². The summed E-state index contributed by atoms with van der Waals surface area (Å²) in [7, 11) is -2.77. The van der Waals surface area contributed by atoms with Gasteiger partial charge >= 0.3 is 6.09 Å². The Hall–Kier alpha value is -4.22. The molecule has 4 aromatic rings. The number of nitrogens with one attached hydrogen (secondary N) is 3. The molecule has 0 unspecified atom stereocenters. The van der Waals surface area contributed by atoms with Crippen LogP contribution in [-0.2, 0) is 33.3 Å². The number of ether oxygens (including phenoxy) is 1. The Morgan fingerprint density at radius 2 is 1.51 bits per heavy atom. The maximum absolute atomic E-state index is 13.9. The van der Waals surface area contributed by atoms with Crippen molar-refractivity contribution in [3.63, 3.8) is 0 Å². The van der Waals surface area contributed by atoms with Gasteiger partial charge in [0.1, 0.15) is 10.6 Å². The number of amides is 2. The quantitative estimate of drug-likeness (QED) is 0.154. The lowest BCUT2D eigenvalue weighted by molar-refractivity contribution is -0.125. The van der Waals surface area contributed by atoms with Gasteiger partial charge < -0.3 is 15.4 Å². The SMILES string of the molecule is CC(C)(C)OC(=O)NC[C@H](Cc1ccccc1)C(=O)N[C@@H](Cc1ccc(N[SH](=O)=O)cc1)c1nc(-c2ccccc2)cs1. The number of carbonyl (C=O) groups is 2. The van der Waals surface area contributed by atoms with E-state index in [0.717, 1.165) is 27.4 Å². The van der Waals surface area contributed by atoms with Crippen LogP contribution in [0.1, 0.15) is 42.9 Å². The van der Waals surface area contributed by atoms with Crippen LogP contribution < -0.4 is 15.4 Å². The second-order valence-corrected chi connectivity index (χ2v) is 12.7. The number of thiol groups is 1. The number of carbonyl (C=O) groups excluding carboxylic acids is 2. The number of nitrogens with zero attached hydrogens (tertiary/aromatic N) is 1. The smallest absolute Gasteiger partial charge is 0.407 e. The minimum absolute atomic E-state index is 0.0865. The molecule has 0 aliphatic carbocycles. The summed E-state index contributed by atoms with van der Waals surface area (Å²) < 4.78 is 29.9. The lowest BCUT2D eigenvalue weighted by atomic mass is 9.97. The molecule has 3 N–H and O–H groups in total. The largest absolute Gasteiger partial charge is 0.444 e. The van der Waals surface area contributed by atoms with E-state index in [2.05, 4.69) is 15.4 Å². The highest BCUT2D eigenvalue weighted by Crippen LogP contribution is 2.28. The average molecular weight is 621 g/mol. The van der Waals surface area contributed by atoms with E-state index in [1.165, 1.54) is 11.3 Å². The lowest BCUT2D eigenvalue weighted by Crippen LogP contribution is -2.43. The first-order chi connectivity index (χ1) is 20.6. The van der Waals surface area contributed by atoms with E-state index in [-0.39, 0.29) is 12.5 Å². The molecule has 4 rings (SSSR count). The van der Waals surface area contributed by atoms with Crippen molar-refractivity contribution in [3.05, 3.63) is 106 Å². The van der Waals surface area contributed by atoms with Crippen molar-refractivity contribution >= 4 is 39.9 Å². The van der Waals surface area contributed by atoms with Crippen LogP contribution in [0.15, 0.2) is 90.3 Å². The Morgan fingerprint density at radius 3 is 2.14 bits per heavy atom. The van der Waals surface area contributed by atoms with Crippen LogP contribution in [0.3, 0.4) is 0 Å². The molecule has 226 valence electrons. The van der Waals surface area contributed by atoms with Gasteiger partial charge in [0.25, 0.3) is 0 Å². The minimum Gasteiger partial charge on any atom is -0.444 e. The first-order valence-electron chi connectivity index (χ1n) is 13.9. The molecule has 2 amide bonds. The van der Waals surface area contributed by atoms with Gasteiger partial charge in [-0.1, -0.05) is 72.8 Å². The molecule has 0 saturated heterocycles. The van der Waals surface area contributed by atoms with Crippen molar-refractivity contribution in [1.82, 2.24) is 15.6 Å². The minimum atomic E-state index is -2.77. The highest BCUT2D eigenvalue weighted by atomic mass is 32.2. The zero-order chi connectivity index (χ0) is 30.8. The summed E-state index contributed by atoms with van der Waals surface area (Å²) in [4.78, 5) is 31.2. The molecular formula is C32H36N4O5S2. The molecule has 0 spiro atoms. The van der Waals surface area contributed by atoms with Crippen molar-refractivity contribution in [2.45, 2.75) is 45.3 Å². The van der Waals surface area contributed by atoms with Gasteiger partial charge in [-0.3, -0.25) is 9.52 Å². The van der Waals surface area contributed by atoms with Crippen LogP contribution in [0, 0.1) is 5.92 Å². The fraction of sp³-hybridized carbons (Fsp3) is 0.281. The van der Waals surface area contributed by atoms with Crippen molar-refractivity contribution in [1.29, 1.82) is 0 Å². The van der Waals surface area contributed by atoms with Gasteiger partial charge in [0.2, 0.25) is 16.8 Å². The van der Waals surface area contributed by atoms with Crippen molar-refractivity contribution < 1.29 is 22.7 Å². The average Bonchev–Trinajstić information content (AvgIpc) is 3.46. The molecule has 3 aromatic carbocycles. The van der Waals surface area contributed by atoms with E-state index in [1.54, 1.807) is 32.9 Å². The third-order valence-electron chi connectivity index (χ3n) is 6.41. The number of rotatable bonds is 12. The number of hydrogen-bond acceptors (Lipinski definition) is 7. The number of anilines is 1. The number of hydrogen-bond donors (Lipinski definition) is 4. The Kier molecular flexibility index (Phi) is 10.9. The van der Waals surface area contributed by atoms with Gasteiger partial charge in [-0.15, -0.1) is 11.3 Å². The number of benzene rings is 3. The Bertz CT molecular complexity index is 1560. The highest BCUT2D eigenvalue weighted by Gasteiger charge is 2.26. The van der Waals surface area contributed by atoms with Crippen LogP contribution in [0.2, 0.25) is 0 Å². The summed E-state index contributed by atoms with van der Waals surface area (Å²) in [5.74, 6) is -0.811. The van der Waals surface area contributed by atoms with Crippen LogP contribution in [0.25, 0.3) is 11.3 Å². The molecule has 2 atom stereocenters. The first-order valence-corrected chi connectivity index (χ1v) is 15.9. The second kappa shape index (κ2) is 14.8. The summed E-state index contributed by atoms with van der Waals surface area (Å²) in [5, 5.41) is 8.65. The Labute approximate surface area is 257 Å². The van der Waals surface area contributed by atoms with E-state index in [9.17, 15) is 18.0 Å². The van der Waals surface area contributed by atoms with E-state index in [4.69, 9.17) is 9.72 Å². The van der Waals surface area contributed by atoms with E-state index in [1.807, 2.05) is 78.2 Å². The summed E-state index contributed by atoms with van der Waals surface area (Å²) in [6.45, 7) is 5.44. The molecule has 9 nitrogen and oxygen atoms in total. The molecule has 0 radical (unpaired) electrons. The van der Waals surface area contributed by atoms with Gasteiger partial charge in [-0.2, -0.15) is 0 Å². The third kappa shape index (κ3) is 10.2. The first kappa shape index (κ1) is 31.7. The molecule has 11 heteroatoms. The van der Waals surface area contributed by atoms with Gasteiger partial charge in [-0.05, 0) is 56.9 Å². The van der Waals surface area contributed by atoms with Gasteiger partial charge in [0.15, 0.2) is 0 Å². The highest BCUT2D eigenvalue weighted by molar-refractivity contribution is 7.73. The monoisotopic (exact) mass is 620 g/mol. The van der Waals surface area contributed by atoms with Crippen molar-refractivity contribution in [2.24, 2.45) is 5.92 Å². The fourth-order valence-corrected chi connectivity index (χ4v) is 5.65. The van der Waals surface area contributed by atoms with Crippen molar-refractivity contribution in [3.8, 4) is 11.3 Å². The second-order valence-electron chi connectivity index (χ2n) is 11.0. The fourth-order valence-electron chi connectivity index (χ4n) is 4.41. The van der Waals surface area contributed by atoms with Crippen LogP contribution in [0.5, 0.6) is 0 Å². The lowest BCUT2D eigenvalue weighted by Gasteiger charge is -2.24. The van der Waals surface area contributed by atoms with Crippen LogP contribution >= 0.6 is 11.3 Å². The topological polar surface area (TPSA) is 126 Å². The summed E-state index contributed by atoms with van der Waals surface area (Å²) in [6.07, 6.45) is 0.251. The summed E-state index contributed by atoms with van der Waals surface area (Å²) in [6, 6.07) is 26.0. The van der Waals surface area contributed by atoms with E-state index < -0.39 is 34.5 Å². The number of thiazole rings is 1. The maximum atomic E-state index is 13.9. The predicted octanol–water partition coefficient (Wildman–Crippen LogP) is 5.53. The summed E-state index contributed by atoms with van der Waals surface area (Å²) >= 11 is 1.46. The Morgan fingerprint density at radius 1 is 0.884 bits per heavy atom. The van der Waals surface area contributed by atoms with E-state index >= 15 is 0 Å². The summed E-state index contributed by atoms with van der Waals surface area (Å²) in [5.41, 5.74) is 3.43. The predicted molar refractivity (Wildman–Crippen MR) is 170 cm³/mol. The standard InChI is InChI=1S/C32H36N4O5S2/c1-32(2,3)41-31(38)33-20-25(18-22-10-6-4-7-11-22)29(37)34-27(19-23-14-16-26(17-15-23)36-43(39)40)30-35-28(21-42-30)24-12-8-5-9-13-24/h4-17,21,25,27,43H,18-20H2,1-3H3,(H,33,38)(H,34,37)(H,36,39,40)/t25-,27-/m0/s1. The van der Waals surface area contributed by atoms with Gasteiger partial charge in [-0.25, -0.2) is 18.2 Å². The Balaban J connectivity index is 1.58. The molecular weight excluding hydrogens is 585 g/mol. The molecule has 0 aliphatic rings. The zero-order valence-corrected chi connectivity index (χ0v) is 26.0.